The van der Waals surface area contributed by atoms with Crippen molar-refractivity contribution in [1.29, 1.82) is 0 Å². The molecule has 7 heteroatoms. The van der Waals surface area contributed by atoms with Gasteiger partial charge in [-0.1, -0.05) is 43.1 Å². The molecule has 1 fully saturated rings. The highest BCUT2D eigenvalue weighted by Crippen LogP contribution is 2.44. The van der Waals surface area contributed by atoms with E-state index in [-0.39, 0.29) is 23.7 Å². The van der Waals surface area contributed by atoms with Gasteiger partial charge in [-0.2, -0.15) is 0 Å². The van der Waals surface area contributed by atoms with Crippen LogP contribution in [0.5, 0.6) is 0 Å². The monoisotopic (exact) mass is 499 g/mol. The molecule has 1 N–H and O–H groups in total. The molecule has 1 atom stereocenters. The smallest absolute Gasteiger partial charge is 0.329 e. The number of hydrogen-bond donors (Lipinski definition) is 1. The Morgan fingerprint density at radius 1 is 1.15 bits per heavy atom. The topological polar surface area (TPSA) is 52.7 Å². The molecule has 180 valence electrons. The molecule has 2 aromatic rings. The molecule has 0 saturated carbocycles. The van der Waals surface area contributed by atoms with Crippen LogP contribution >= 0.6 is 23.2 Å². The van der Waals surface area contributed by atoms with E-state index in [1.807, 2.05) is 0 Å². The predicted octanol–water partition coefficient (Wildman–Crippen LogP) is 6.90. The fraction of sp³-hybridized carbons (Fsp3) is 0.407. The zero-order valence-electron chi connectivity index (χ0n) is 20.3. The standard InChI is InChI=1S/C27H31Cl2N3O2/c1-6-9-32-24-10-16(2)19(12-20(24)17(3)14-27(32,4)5)13-23-25(33)31(26(34)30-23)15-18-7-8-21(28)22(29)11-18/h7-8,10-13,17H,6,9,14-15H2,1-5H3,(H,30,34)/b23-13+. The third-order valence-corrected chi connectivity index (χ3v) is 7.55. The van der Waals surface area contributed by atoms with Crippen molar-refractivity contribution in [2.24, 2.45) is 0 Å². The van der Waals surface area contributed by atoms with Gasteiger partial charge in [0.05, 0.1) is 16.6 Å². The highest BCUT2D eigenvalue weighted by atomic mass is 35.5. The Morgan fingerprint density at radius 3 is 2.56 bits per heavy atom. The van der Waals surface area contributed by atoms with Crippen LogP contribution in [0.25, 0.3) is 6.08 Å². The molecule has 2 heterocycles. The molecular formula is C27H31Cl2N3O2. The maximum atomic E-state index is 13.1. The molecule has 2 aromatic carbocycles. The Hall–Kier alpha value is -2.50. The summed E-state index contributed by atoms with van der Waals surface area (Å²) in [5, 5.41) is 3.56. The lowest BCUT2D eigenvalue weighted by Crippen LogP contribution is -2.48. The Bertz CT molecular complexity index is 1190. The molecule has 3 amide bonds. The number of carbonyl (C=O) groups is 2. The number of urea groups is 1. The van der Waals surface area contributed by atoms with Crippen molar-refractivity contribution in [1.82, 2.24) is 10.2 Å². The minimum Gasteiger partial charge on any atom is -0.366 e. The summed E-state index contributed by atoms with van der Waals surface area (Å²) in [6.45, 7) is 12.3. The molecule has 0 bridgehead atoms. The van der Waals surface area contributed by atoms with Crippen molar-refractivity contribution in [3.05, 3.63) is 68.3 Å². The Morgan fingerprint density at radius 2 is 1.88 bits per heavy atom. The number of anilines is 1. The number of nitrogens with zero attached hydrogens (tertiary/aromatic N) is 2. The van der Waals surface area contributed by atoms with Crippen LogP contribution in [0, 0.1) is 6.92 Å². The van der Waals surface area contributed by atoms with E-state index >= 15 is 0 Å². The first-order chi connectivity index (χ1) is 16.0. The van der Waals surface area contributed by atoms with Gasteiger partial charge >= 0.3 is 6.03 Å². The summed E-state index contributed by atoms with van der Waals surface area (Å²) < 4.78 is 0. The predicted molar refractivity (Wildman–Crippen MR) is 139 cm³/mol. The Balaban J connectivity index is 1.64. The number of rotatable bonds is 5. The van der Waals surface area contributed by atoms with E-state index in [0.717, 1.165) is 36.1 Å². The maximum Gasteiger partial charge on any atom is 0.329 e. The Kier molecular flexibility index (Phi) is 6.71. The van der Waals surface area contributed by atoms with Gasteiger partial charge < -0.3 is 10.2 Å². The summed E-state index contributed by atoms with van der Waals surface area (Å²) in [7, 11) is 0. The van der Waals surface area contributed by atoms with Crippen molar-refractivity contribution < 1.29 is 9.59 Å². The summed E-state index contributed by atoms with van der Waals surface area (Å²) >= 11 is 12.1. The second-order valence-electron chi connectivity index (χ2n) is 9.96. The highest BCUT2D eigenvalue weighted by Gasteiger charge is 2.37. The first-order valence-electron chi connectivity index (χ1n) is 11.7. The minimum atomic E-state index is -0.442. The van der Waals surface area contributed by atoms with E-state index in [0.29, 0.717) is 16.0 Å². The van der Waals surface area contributed by atoms with Gasteiger partial charge in [0.25, 0.3) is 5.91 Å². The SMILES string of the molecule is CCCN1c2cc(C)c(/C=C3/NC(=O)N(Cc4ccc(Cl)c(Cl)c4)C3=O)cc2C(C)CC1(C)C. The van der Waals surface area contributed by atoms with Crippen molar-refractivity contribution in [2.75, 3.05) is 11.4 Å². The molecule has 34 heavy (non-hydrogen) atoms. The lowest BCUT2D eigenvalue weighted by Gasteiger charge is -2.48. The van der Waals surface area contributed by atoms with Crippen molar-refractivity contribution in [3.8, 4) is 0 Å². The van der Waals surface area contributed by atoms with Gasteiger partial charge in [0.1, 0.15) is 5.70 Å². The number of amides is 3. The first-order valence-corrected chi connectivity index (χ1v) is 12.5. The average molecular weight is 500 g/mol. The third-order valence-electron chi connectivity index (χ3n) is 6.81. The molecule has 2 aliphatic heterocycles. The third kappa shape index (κ3) is 4.56. The molecule has 0 aromatic heterocycles. The van der Waals surface area contributed by atoms with E-state index in [2.05, 4.69) is 57.0 Å². The molecule has 1 saturated heterocycles. The van der Waals surface area contributed by atoms with E-state index in [4.69, 9.17) is 23.2 Å². The highest BCUT2D eigenvalue weighted by molar-refractivity contribution is 6.42. The largest absolute Gasteiger partial charge is 0.366 e. The minimum absolute atomic E-state index is 0.0926. The first kappa shape index (κ1) is 24.6. The van der Waals surface area contributed by atoms with Crippen LogP contribution in [0.15, 0.2) is 36.0 Å². The van der Waals surface area contributed by atoms with Gasteiger partial charge in [-0.15, -0.1) is 0 Å². The molecule has 0 spiro atoms. The number of benzene rings is 2. The van der Waals surface area contributed by atoms with Gasteiger partial charge in [0, 0.05) is 17.8 Å². The van der Waals surface area contributed by atoms with E-state index in [1.165, 1.54) is 16.2 Å². The van der Waals surface area contributed by atoms with E-state index in [1.54, 1.807) is 24.3 Å². The summed E-state index contributed by atoms with van der Waals surface area (Å²) in [5.74, 6) is 0.0471. The van der Waals surface area contributed by atoms with Crippen LogP contribution in [0.2, 0.25) is 10.0 Å². The lowest BCUT2D eigenvalue weighted by molar-refractivity contribution is -0.123. The number of imide groups is 1. The average Bonchev–Trinajstić information content (AvgIpc) is 3.01. The quantitative estimate of drug-likeness (QED) is 0.359. The Labute approximate surface area is 211 Å². The zero-order valence-corrected chi connectivity index (χ0v) is 21.8. The number of aryl methyl sites for hydroxylation is 1. The number of carbonyl (C=O) groups excluding carboxylic acids is 2. The summed E-state index contributed by atoms with van der Waals surface area (Å²) in [6.07, 6.45) is 3.94. The van der Waals surface area contributed by atoms with Crippen molar-refractivity contribution in [3.63, 3.8) is 0 Å². The van der Waals surface area contributed by atoms with Gasteiger partial charge in [-0.25, -0.2) is 4.79 Å². The van der Waals surface area contributed by atoms with Crippen LogP contribution in [0.1, 0.15) is 68.7 Å². The summed E-state index contributed by atoms with van der Waals surface area (Å²) in [6, 6.07) is 9.06. The lowest BCUT2D eigenvalue weighted by atomic mass is 9.79. The number of fused-ring (bicyclic) bond motifs is 1. The molecule has 1 unspecified atom stereocenters. The number of nitrogens with one attached hydrogen (secondary N) is 1. The molecule has 0 aliphatic carbocycles. The zero-order chi connectivity index (χ0) is 24.8. The van der Waals surface area contributed by atoms with Crippen LogP contribution in [0.3, 0.4) is 0 Å². The van der Waals surface area contributed by atoms with E-state index in [9.17, 15) is 9.59 Å². The number of hydrogen-bond acceptors (Lipinski definition) is 3. The van der Waals surface area contributed by atoms with E-state index < -0.39 is 6.03 Å². The molecule has 0 radical (unpaired) electrons. The molecule has 5 nitrogen and oxygen atoms in total. The fourth-order valence-electron chi connectivity index (χ4n) is 5.14. The second kappa shape index (κ2) is 9.27. The normalized spacial score (nSPS) is 20.7. The van der Waals surface area contributed by atoms with Gasteiger partial charge in [-0.05, 0) is 92.1 Å². The summed E-state index contributed by atoms with van der Waals surface area (Å²) in [5.41, 5.74) is 5.68. The van der Waals surface area contributed by atoms with Crippen LogP contribution in [0.4, 0.5) is 10.5 Å². The van der Waals surface area contributed by atoms with Gasteiger partial charge in [-0.3, -0.25) is 9.69 Å². The molecule has 2 aliphatic rings. The van der Waals surface area contributed by atoms with Crippen LogP contribution in [-0.4, -0.2) is 28.9 Å². The molecule has 4 rings (SSSR count). The number of halogens is 2. The van der Waals surface area contributed by atoms with Gasteiger partial charge in [0.15, 0.2) is 0 Å². The molecular weight excluding hydrogens is 469 g/mol. The van der Waals surface area contributed by atoms with Gasteiger partial charge in [0.2, 0.25) is 0 Å². The van der Waals surface area contributed by atoms with Crippen LogP contribution < -0.4 is 10.2 Å². The van der Waals surface area contributed by atoms with Crippen molar-refractivity contribution >= 4 is 46.9 Å². The van der Waals surface area contributed by atoms with Crippen LogP contribution in [-0.2, 0) is 11.3 Å². The second-order valence-corrected chi connectivity index (χ2v) is 10.8. The maximum absolute atomic E-state index is 13.1. The summed E-state index contributed by atoms with van der Waals surface area (Å²) in [4.78, 5) is 29.4. The fourth-order valence-corrected chi connectivity index (χ4v) is 5.47. The van der Waals surface area contributed by atoms with Crippen molar-refractivity contribution in [2.45, 2.75) is 65.5 Å².